The van der Waals surface area contributed by atoms with Crippen LogP contribution in [0.5, 0.6) is 0 Å². The van der Waals surface area contributed by atoms with Gasteiger partial charge in [-0.1, -0.05) is 12.1 Å². The summed E-state index contributed by atoms with van der Waals surface area (Å²) in [6.07, 6.45) is 0.364. The van der Waals surface area contributed by atoms with Crippen LogP contribution in [-0.2, 0) is 11.3 Å². The second-order valence-electron chi connectivity index (χ2n) is 4.78. The van der Waals surface area contributed by atoms with E-state index in [4.69, 9.17) is 5.73 Å². The van der Waals surface area contributed by atoms with E-state index in [1.807, 2.05) is 31.2 Å². The number of nitrogens with two attached hydrogens (primary N) is 1. The van der Waals surface area contributed by atoms with Crippen LogP contribution in [0.15, 0.2) is 24.3 Å². The van der Waals surface area contributed by atoms with Crippen LogP contribution < -0.4 is 10.6 Å². The van der Waals surface area contributed by atoms with Gasteiger partial charge in [-0.3, -0.25) is 9.69 Å². The quantitative estimate of drug-likeness (QED) is 0.908. The van der Waals surface area contributed by atoms with Crippen molar-refractivity contribution in [1.29, 1.82) is 0 Å². The summed E-state index contributed by atoms with van der Waals surface area (Å²) < 4.78 is 2.09. The van der Waals surface area contributed by atoms with Crippen LogP contribution in [0, 0.1) is 0 Å². The number of para-hydroxylation sites is 2. The highest BCUT2D eigenvalue weighted by molar-refractivity contribution is 5.95. The molecule has 19 heavy (non-hydrogen) atoms. The molecule has 0 saturated heterocycles. The van der Waals surface area contributed by atoms with Crippen molar-refractivity contribution in [2.75, 3.05) is 11.4 Å². The number of benzene rings is 1. The van der Waals surface area contributed by atoms with Crippen molar-refractivity contribution in [2.45, 2.75) is 25.9 Å². The Morgan fingerprint density at radius 1 is 1.42 bits per heavy atom. The van der Waals surface area contributed by atoms with E-state index in [0.29, 0.717) is 13.0 Å². The molecule has 1 unspecified atom stereocenters. The van der Waals surface area contributed by atoms with E-state index in [1.54, 1.807) is 4.90 Å². The second-order valence-corrected chi connectivity index (χ2v) is 4.78. The van der Waals surface area contributed by atoms with Gasteiger partial charge in [0.25, 0.3) is 0 Å². The lowest BCUT2D eigenvalue weighted by atomic mass is 10.2. The van der Waals surface area contributed by atoms with E-state index in [-0.39, 0.29) is 24.4 Å². The van der Waals surface area contributed by atoms with Crippen molar-refractivity contribution >= 4 is 35.3 Å². The van der Waals surface area contributed by atoms with Gasteiger partial charge >= 0.3 is 0 Å². The molecule has 102 valence electrons. The van der Waals surface area contributed by atoms with Gasteiger partial charge in [0.1, 0.15) is 0 Å². The monoisotopic (exact) mass is 280 g/mol. The molecule has 1 amide bonds. The molecule has 0 radical (unpaired) electrons. The third-order valence-electron chi connectivity index (χ3n) is 3.22. The van der Waals surface area contributed by atoms with Crippen LogP contribution in [0.25, 0.3) is 11.0 Å². The zero-order chi connectivity index (χ0) is 12.7. The van der Waals surface area contributed by atoms with Crippen molar-refractivity contribution in [3.8, 4) is 0 Å². The maximum atomic E-state index is 12.1. The Bertz CT molecular complexity index is 608. The zero-order valence-corrected chi connectivity index (χ0v) is 11.6. The first-order chi connectivity index (χ1) is 8.66. The third kappa shape index (κ3) is 2.31. The molecule has 6 heteroatoms. The zero-order valence-electron chi connectivity index (χ0n) is 10.7. The summed E-state index contributed by atoms with van der Waals surface area (Å²) in [4.78, 5) is 18.4. The molecule has 2 aromatic rings. The van der Waals surface area contributed by atoms with Gasteiger partial charge in [0.2, 0.25) is 11.9 Å². The Kier molecular flexibility index (Phi) is 3.78. The normalized spacial score (nSPS) is 15.2. The number of halogens is 1. The van der Waals surface area contributed by atoms with Gasteiger partial charge in [-0.05, 0) is 19.1 Å². The molecule has 1 aromatic carbocycles. The van der Waals surface area contributed by atoms with Crippen molar-refractivity contribution in [2.24, 2.45) is 5.73 Å². The van der Waals surface area contributed by atoms with Crippen molar-refractivity contribution in [1.82, 2.24) is 9.55 Å². The van der Waals surface area contributed by atoms with Crippen molar-refractivity contribution in [3.05, 3.63) is 24.3 Å². The van der Waals surface area contributed by atoms with Crippen molar-refractivity contribution in [3.63, 3.8) is 0 Å². The van der Waals surface area contributed by atoms with Gasteiger partial charge in [-0.15, -0.1) is 12.4 Å². The molecule has 0 fully saturated rings. The van der Waals surface area contributed by atoms with Crippen LogP contribution in [0.3, 0.4) is 0 Å². The van der Waals surface area contributed by atoms with Crippen LogP contribution >= 0.6 is 12.4 Å². The number of rotatable bonds is 2. The molecule has 1 atom stereocenters. The molecule has 3 rings (SSSR count). The van der Waals surface area contributed by atoms with E-state index in [9.17, 15) is 4.79 Å². The van der Waals surface area contributed by atoms with Crippen LogP contribution in [0.1, 0.15) is 13.3 Å². The van der Waals surface area contributed by atoms with E-state index in [0.717, 1.165) is 23.5 Å². The molecule has 1 aliphatic heterocycles. The van der Waals surface area contributed by atoms with E-state index >= 15 is 0 Å². The van der Waals surface area contributed by atoms with Gasteiger partial charge in [-0.25, -0.2) is 4.98 Å². The maximum Gasteiger partial charge on any atom is 0.230 e. The number of aromatic nitrogens is 2. The number of hydrogen-bond donors (Lipinski definition) is 1. The number of fused-ring (bicyclic) bond motifs is 3. The highest BCUT2D eigenvalue weighted by Crippen LogP contribution is 2.27. The Hall–Kier alpha value is -1.59. The van der Waals surface area contributed by atoms with Gasteiger partial charge < -0.3 is 10.3 Å². The van der Waals surface area contributed by atoms with Crippen LogP contribution in [0.2, 0.25) is 0 Å². The summed E-state index contributed by atoms with van der Waals surface area (Å²) >= 11 is 0. The minimum absolute atomic E-state index is 0. The first kappa shape index (κ1) is 13.8. The molecule has 0 aliphatic carbocycles. The molecular formula is C13H17ClN4O. The second kappa shape index (κ2) is 5.19. The number of amides is 1. The number of carbonyl (C=O) groups excluding carboxylic acids is 1. The third-order valence-corrected chi connectivity index (χ3v) is 3.22. The largest absolute Gasteiger partial charge is 0.327 e. The Balaban J connectivity index is 0.00000133. The highest BCUT2D eigenvalue weighted by atomic mass is 35.5. The van der Waals surface area contributed by atoms with Gasteiger partial charge in [0, 0.05) is 25.6 Å². The number of carbonyl (C=O) groups is 1. The first-order valence-corrected chi connectivity index (χ1v) is 6.18. The fraction of sp³-hybridized carbons (Fsp3) is 0.385. The molecule has 2 heterocycles. The first-order valence-electron chi connectivity index (χ1n) is 6.18. The Labute approximate surface area is 117 Å². The lowest BCUT2D eigenvalue weighted by Crippen LogP contribution is -2.33. The number of nitrogens with zero attached hydrogens (tertiary/aromatic N) is 3. The molecule has 2 N–H and O–H groups in total. The average molecular weight is 281 g/mol. The number of hydrogen-bond acceptors (Lipinski definition) is 3. The summed E-state index contributed by atoms with van der Waals surface area (Å²) in [5, 5.41) is 0. The molecule has 0 saturated carbocycles. The van der Waals surface area contributed by atoms with Crippen LogP contribution in [-0.4, -0.2) is 28.0 Å². The lowest BCUT2D eigenvalue weighted by Gasteiger charge is -2.15. The summed E-state index contributed by atoms with van der Waals surface area (Å²) in [5.74, 6) is 0.806. The number of anilines is 1. The Morgan fingerprint density at radius 2 is 2.16 bits per heavy atom. The minimum Gasteiger partial charge on any atom is -0.327 e. The minimum atomic E-state index is -0.115. The SMILES string of the molecule is CC(N)CC(=O)N1CCn2c1nc1ccccc12.Cl. The summed E-state index contributed by atoms with van der Waals surface area (Å²) in [6, 6.07) is 7.83. The van der Waals surface area contributed by atoms with Crippen LogP contribution in [0.4, 0.5) is 5.95 Å². The van der Waals surface area contributed by atoms with Crippen molar-refractivity contribution < 1.29 is 4.79 Å². The predicted molar refractivity (Wildman–Crippen MR) is 77.6 cm³/mol. The molecular weight excluding hydrogens is 264 g/mol. The summed E-state index contributed by atoms with van der Waals surface area (Å²) in [6.45, 7) is 3.34. The standard InChI is InChI=1S/C13H16N4O.ClH/c1-9(14)8-12(18)17-7-6-16-11-5-3-2-4-10(11)15-13(16)17;/h2-5,9H,6-8,14H2,1H3;1H. The molecule has 5 nitrogen and oxygen atoms in total. The maximum absolute atomic E-state index is 12.1. The van der Waals surface area contributed by atoms with E-state index in [1.165, 1.54) is 0 Å². The fourth-order valence-corrected chi connectivity index (χ4v) is 2.41. The summed E-state index contributed by atoms with van der Waals surface area (Å²) in [7, 11) is 0. The van der Waals surface area contributed by atoms with Gasteiger partial charge in [-0.2, -0.15) is 0 Å². The number of imidazole rings is 1. The average Bonchev–Trinajstić information content (AvgIpc) is 2.85. The molecule has 0 spiro atoms. The topological polar surface area (TPSA) is 64.2 Å². The summed E-state index contributed by atoms with van der Waals surface area (Å²) in [5.41, 5.74) is 7.70. The fourth-order valence-electron chi connectivity index (χ4n) is 2.41. The van der Waals surface area contributed by atoms with E-state index < -0.39 is 0 Å². The smallest absolute Gasteiger partial charge is 0.230 e. The van der Waals surface area contributed by atoms with Gasteiger partial charge in [0.05, 0.1) is 11.0 Å². The van der Waals surface area contributed by atoms with E-state index in [2.05, 4.69) is 9.55 Å². The Morgan fingerprint density at radius 3 is 2.89 bits per heavy atom. The molecule has 1 aliphatic rings. The molecule has 0 bridgehead atoms. The highest BCUT2D eigenvalue weighted by Gasteiger charge is 2.28. The predicted octanol–water partition coefficient (Wildman–Crippen LogP) is 1.54. The van der Waals surface area contributed by atoms with Gasteiger partial charge in [0.15, 0.2) is 0 Å². The molecule has 1 aromatic heterocycles. The lowest BCUT2D eigenvalue weighted by molar-refractivity contribution is -0.118.